The lowest BCUT2D eigenvalue weighted by Crippen LogP contribution is -2.51. The van der Waals surface area contributed by atoms with Crippen LogP contribution in [0.25, 0.3) is 0 Å². The van der Waals surface area contributed by atoms with Gasteiger partial charge in [0.25, 0.3) is 0 Å². The maximum absolute atomic E-state index is 10.1. The zero-order valence-corrected chi connectivity index (χ0v) is 16.8. The van der Waals surface area contributed by atoms with E-state index in [1.807, 2.05) is 0 Å². The SMILES string of the molecule is CC(P)O[C@H]1CCC2C3CC=C4C[C@@H](O)CC[C@]4(C)C3CC[C@@]21C. The van der Waals surface area contributed by atoms with Crippen molar-refractivity contribution in [3.05, 3.63) is 11.6 Å². The van der Waals surface area contributed by atoms with Crippen LogP contribution in [0.1, 0.15) is 72.1 Å². The molecule has 5 unspecified atom stereocenters. The molecule has 3 heteroatoms. The first-order valence-electron chi connectivity index (χ1n) is 10.1. The van der Waals surface area contributed by atoms with Gasteiger partial charge in [0.05, 0.1) is 18.1 Å². The highest BCUT2D eigenvalue weighted by Gasteiger charge is 2.59. The average Bonchev–Trinajstić information content (AvgIpc) is 2.84. The molecule has 2 nitrogen and oxygen atoms in total. The van der Waals surface area contributed by atoms with Gasteiger partial charge in [0, 0.05) is 0 Å². The fourth-order valence-corrected chi connectivity index (χ4v) is 7.27. The molecule has 0 aromatic rings. The normalized spacial score (nSPS) is 52.0. The Hall–Kier alpha value is 0.0900. The quantitative estimate of drug-likeness (QED) is 0.566. The molecule has 24 heavy (non-hydrogen) atoms. The first kappa shape index (κ1) is 17.5. The van der Waals surface area contributed by atoms with E-state index in [1.165, 1.54) is 38.5 Å². The summed E-state index contributed by atoms with van der Waals surface area (Å²) in [6.45, 7) is 7.18. The Bertz CT molecular complexity index is 530. The summed E-state index contributed by atoms with van der Waals surface area (Å²) >= 11 is 0. The number of allylic oxidation sites excluding steroid dienone is 1. The summed E-state index contributed by atoms with van der Waals surface area (Å²) in [6, 6.07) is 0. The molecule has 0 aromatic heterocycles. The zero-order valence-electron chi connectivity index (χ0n) is 15.6. The van der Waals surface area contributed by atoms with Crippen LogP contribution in [0.15, 0.2) is 11.6 Å². The molecular formula is C21H35O2P. The van der Waals surface area contributed by atoms with E-state index in [9.17, 15) is 5.11 Å². The predicted molar refractivity (Wildman–Crippen MR) is 102 cm³/mol. The van der Waals surface area contributed by atoms with Gasteiger partial charge in [0.15, 0.2) is 0 Å². The summed E-state index contributed by atoms with van der Waals surface area (Å²) in [5, 5.41) is 10.1. The molecule has 3 saturated carbocycles. The molecule has 0 bridgehead atoms. The molecule has 0 aliphatic heterocycles. The molecule has 0 saturated heterocycles. The predicted octanol–water partition coefficient (Wildman–Crippen LogP) is 4.92. The van der Waals surface area contributed by atoms with Gasteiger partial charge < -0.3 is 9.84 Å². The standard InChI is InChI=1S/C21H35O2P/c1-13(24)23-19-7-6-17-16-5-4-14-12-15(22)8-10-20(14,2)18(16)9-11-21(17,19)3/h4,13,15-19,22H,5-12,24H2,1-3H3/t13?,15-,16?,17?,18?,19-,20-,21-/m0/s1. The van der Waals surface area contributed by atoms with Gasteiger partial charge >= 0.3 is 0 Å². The Morgan fingerprint density at radius 3 is 2.71 bits per heavy atom. The maximum atomic E-state index is 10.1. The summed E-state index contributed by atoms with van der Waals surface area (Å²) in [5.74, 6) is 2.75. The van der Waals surface area contributed by atoms with Crippen molar-refractivity contribution in [3.63, 3.8) is 0 Å². The fraction of sp³-hybridized carbons (Fsp3) is 0.905. The minimum absolute atomic E-state index is 0.0949. The van der Waals surface area contributed by atoms with Crippen LogP contribution in [0.5, 0.6) is 0 Å². The van der Waals surface area contributed by atoms with Crippen LogP contribution >= 0.6 is 9.24 Å². The summed E-state index contributed by atoms with van der Waals surface area (Å²) < 4.78 is 6.32. The van der Waals surface area contributed by atoms with Crippen molar-refractivity contribution in [1.29, 1.82) is 0 Å². The Morgan fingerprint density at radius 1 is 1.17 bits per heavy atom. The number of aliphatic hydroxyl groups excluding tert-OH is 1. The number of aliphatic hydroxyl groups is 1. The minimum atomic E-state index is -0.0949. The van der Waals surface area contributed by atoms with E-state index in [0.29, 0.717) is 16.9 Å². The second kappa shape index (κ2) is 6.07. The van der Waals surface area contributed by atoms with Gasteiger partial charge in [-0.2, -0.15) is 0 Å². The third-order valence-electron chi connectivity index (χ3n) is 8.37. The third-order valence-corrected chi connectivity index (χ3v) is 8.53. The van der Waals surface area contributed by atoms with Crippen molar-refractivity contribution in [1.82, 2.24) is 0 Å². The summed E-state index contributed by atoms with van der Waals surface area (Å²) in [7, 11) is 2.81. The van der Waals surface area contributed by atoms with E-state index in [1.54, 1.807) is 5.57 Å². The molecule has 4 aliphatic carbocycles. The average molecular weight is 350 g/mol. The molecule has 0 radical (unpaired) electrons. The zero-order chi connectivity index (χ0) is 17.1. The van der Waals surface area contributed by atoms with Crippen molar-refractivity contribution in [2.45, 2.75) is 90.2 Å². The Kier molecular flexibility index (Phi) is 4.43. The van der Waals surface area contributed by atoms with Gasteiger partial charge in [-0.05, 0) is 86.9 Å². The number of ether oxygens (including phenoxy) is 1. The molecule has 0 spiro atoms. The lowest BCUT2D eigenvalue weighted by Gasteiger charge is -2.57. The van der Waals surface area contributed by atoms with Gasteiger partial charge in [0.1, 0.15) is 0 Å². The first-order chi connectivity index (χ1) is 11.3. The number of fused-ring (bicyclic) bond motifs is 5. The van der Waals surface area contributed by atoms with Gasteiger partial charge in [0.2, 0.25) is 0 Å². The summed E-state index contributed by atoms with van der Waals surface area (Å²) in [5.41, 5.74) is 2.31. The fourth-order valence-electron chi connectivity index (χ4n) is 7.08. The Balaban J connectivity index is 1.60. The molecule has 0 heterocycles. The van der Waals surface area contributed by atoms with Crippen LogP contribution in [-0.4, -0.2) is 23.2 Å². The van der Waals surface area contributed by atoms with Crippen molar-refractivity contribution < 1.29 is 9.84 Å². The Labute approximate surface area is 150 Å². The van der Waals surface area contributed by atoms with Crippen LogP contribution < -0.4 is 0 Å². The van der Waals surface area contributed by atoms with Crippen molar-refractivity contribution in [3.8, 4) is 0 Å². The van der Waals surface area contributed by atoms with Crippen LogP contribution in [0, 0.1) is 28.6 Å². The van der Waals surface area contributed by atoms with E-state index in [2.05, 4.69) is 36.1 Å². The molecule has 0 amide bonds. The first-order valence-corrected chi connectivity index (χ1v) is 10.8. The van der Waals surface area contributed by atoms with Crippen LogP contribution in [0.3, 0.4) is 0 Å². The van der Waals surface area contributed by atoms with Crippen LogP contribution in [-0.2, 0) is 4.74 Å². The van der Waals surface area contributed by atoms with Gasteiger partial charge in [-0.25, -0.2) is 0 Å². The number of rotatable bonds is 2. The van der Waals surface area contributed by atoms with Crippen molar-refractivity contribution >= 4 is 9.24 Å². The van der Waals surface area contributed by atoms with E-state index < -0.39 is 0 Å². The van der Waals surface area contributed by atoms with Gasteiger partial charge in [-0.15, -0.1) is 9.24 Å². The highest BCUT2D eigenvalue weighted by Crippen LogP contribution is 2.65. The summed E-state index contributed by atoms with van der Waals surface area (Å²) in [6.07, 6.45) is 12.5. The molecule has 9 atom stereocenters. The smallest absolute Gasteiger partial charge is 0.0684 e. The van der Waals surface area contributed by atoms with E-state index in [0.717, 1.165) is 30.6 Å². The van der Waals surface area contributed by atoms with Crippen LogP contribution in [0.2, 0.25) is 0 Å². The van der Waals surface area contributed by atoms with Gasteiger partial charge in [-0.1, -0.05) is 25.5 Å². The highest BCUT2D eigenvalue weighted by atomic mass is 31.0. The molecule has 1 N–H and O–H groups in total. The Morgan fingerprint density at radius 2 is 1.96 bits per heavy atom. The number of hydrogen-bond donors (Lipinski definition) is 1. The van der Waals surface area contributed by atoms with Crippen molar-refractivity contribution in [2.24, 2.45) is 28.6 Å². The van der Waals surface area contributed by atoms with E-state index >= 15 is 0 Å². The maximum Gasteiger partial charge on any atom is 0.0684 e. The largest absolute Gasteiger partial charge is 0.393 e. The lowest BCUT2D eigenvalue weighted by molar-refractivity contribution is -0.0964. The van der Waals surface area contributed by atoms with E-state index in [4.69, 9.17) is 4.74 Å². The number of hydrogen-bond acceptors (Lipinski definition) is 2. The van der Waals surface area contributed by atoms with E-state index in [-0.39, 0.29) is 11.9 Å². The topological polar surface area (TPSA) is 29.5 Å². The molecule has 4 aliphatic rings. The highest BCUT2D eigenvalue weighted by molar-refractivity contribution is 7.17. The molecule has 0 aromatic carbocycles. The second-order valence-corrected chi connectivity index (χ2v) is 10.5. The lowest BCUT2D eigenvalue weighted by atomic mass is 9.48. The molecule has 136 valence electrons. The monoisotopic (exact) mass is 350 g/mol. The molecule has 3 fully saturated rings. The van der Waals surface area contributed by atoms with Crippen molar-refractivity contribution in [2.75, 3.05) is 0 Å². The second-order valence-electron chi connectivity index (χ2n) is 9.61. The molecule has 4 rings (SSSR count). The minimum Gasteiger partial charge on any atom is -0.393 e. The van der Waals surface area contributed by atoms with Crippen LogP contribution in [0.4, 0.5) is 0 Å². The van der Waals surface area contributed by atoms with Gasteiger partial charge in [-0.3, -0.25) is 0 Å². The molecular weight excluding hydrogens is 315 g/mol. The summed E-state index contributed by atoms with van der Waals surface area (Å²) in [4.78, 5) is 0. The third kappa shape index (κ3) is 2.55.